The molecular formula is C15H17BN2O. The minimum absolute atomic E-state index is 0.261. The van der Waals surface area contributed by atoms with Gasteiger partial charge in [0.1, 0.15) is 5.82 Å². The van der Waals surface area contributed by atoms with E-state index in [0.29, 0.717) is 11.6 Å². The quantitative estimate of drug-likeness (QED) is 0.768. The van der Waals surface area contributed by atoms with Crippen LogP contribution in [0.5, 0.6) is 0 Å². The zero-order valence-electron chi connectivity index (χ0n) is 11.2. The van der Waals surface area contributed by atoms with E-state index in [1.54, 1.807) is 7.85 Å². The summed E-state index contributed by atoms with van der Waals surface area (Å²) in [6.45, 7) is 0. The lowest BCUT2D eigenvalue weighted by molar-refractivity contribution is -0.116. The third kappa shape index (κ3) is 2.53. The predicted octanol–water partition coefficient (Wildman–Crippen LogP) is 2.06. The lowest BCUT2D eigenvalue weighted by Crippen LogP contribution is -2.21. The van der Waals surface area contributed by atoms with E-state index >= 15 is 0 Å². The molecular weight excluding hydrogens is 235 g/mol. The smallest absolute Gasteiger partial charge is 0.187 e. The molecule has 96 valence electrons. The first kappa shape index (κ1) is 12.3. The predicted molar refractivity (Wildman–Crippen MR) is 77.8 cm³/mol. The third-order valence-electron chi connectivity index (χ3n) is 4.17. The molecule has 4 heteroatoms. The molecule has 19 heavy (non-hydrogen) atoms. The van der Waals surface area contributed by atoms with Crippen LogP contribution in [0.15, 0.2) is 30.5 Å². The Balaban J connectivity index is 1.80. The highest BCUT2D eigenvalue weighted by Crippen LogP contribution is 2.34. The molecule has 1 aliphatic carbocycles. The van der Waals surface area contributed by atoms with Gasteiger partial charge in [0.25, 0.3) is 0 Å². The number of aromatic nitrogens is 2. The van der Waals surface area contributed by atoms with Gasteiger partial charge in [-0.3, -0.25) is 0 Å². The maximum absolute atomic E-state index is 11.4. The van der Waals surface area contributed by atoms with Crippen LogP contribution in [0.1, 0.15) is 37.4 Å². The van der Waals surface area contributed by atoms with Crippen LogP contribution in [0, 0.1) is 5.92 Å². The summed E-state index contributed by atoms with van der Waals surface area (Å²) >= 11 is 0. The van der Waals surface area contributed by atoms with Crippen molar-refractivity contribution in [3.05, 3.63) is 36.3 Å². The molecule has 1 saturated carbocycles. The molecule has 0 unspecified atom stereocenters. The first-order chi connectivity index (χ1) is 9.24. The monoisotopic (exact) mass is 252 g/mol. The number of nitrogens with zero attached hydrogens (tertiary/aromatic N) is 2. The molecule has 0 N–H and O–H groups in total. The Morgan fingerprint density at radius 3 is 2.63 bits per heavy atom. The van der Waals surface area contributed by atoms with Crippen molar-refractivity contribution >= 4 is 24.4 Å². The molecule has 0 aliphatic heterocycles. The lowest BCUT2D eigenvalue weighted by atomic mass is 9.75. The van der Waals surface area contributed by atoms with E-state index in [1.807, 2.05) is 30.5 Å². The SMILES string of the molecule is BC(=O)[C@H]1CC[C@@H](c2ncc3ccccc3n2)CC1. The van der Waals surface area contributed by atoms with Crippen molar-refractivity contribution in [2.24, 2.45) is 5.92 Å². The van der Waals surface area contributed by atoms with E-state index in [2.05, 4.69) is 9.97 Å². The molecule has 0 atom stereocenters. The van der Waals surface area contributed by atoms with Crippen molar-refractivity contribution in [1.29, 1.82) is 0 Å². The van der Waals surface area contributed by atoms with E-state index in [9.17, 15) is 4.79 Å². The molecule has 0 bridgehead atoms. The van der Waals surface area contributed by atoms with Gasteiger partial charge in [-0.1, -0.05) is 18.2 Å². The highest BCUT2D eigenvalue weighted by Gasteiger charge is 2.26. The van der Waals surface area contributed by atoms with Crippen LogP contribution in [0.3, 0.4) is 0 Å². The van der Waals surface area contributed by atoms with Crippen molar-refractivity contribution in [2.75, 3.05) is 0 Å². The average Bonchev–Trinajstić information content (AvgIpc) is 2.47. The van der Waals surface area contributed by atoms with E-state index in [4.69, 9.17) is 0 Å². The Hall–Kier alpha value is -1.71. The zero-order valence-corrected chi connectivity index (χ0v) is 11.2. The van der Waals surface area contributed by atoms with Crippen LogP contribution in [0.25, 0.3) is 10.9 Å². The maximum atomic E-state index is 11.4. The van der Waals surface area contributed by atoms with Crippen molar-refractivity contribution in [2.45, 2.75) is 31.6 Å². The fourth-order valence-electron chi connectivity index (χ4n) is 2.94. The summed E-state index contributed by atoms with van der Waals surface area (Å²) in [4.78, 5) is 20.6. The van der Waals surface area contributed by atoms with Crippen molar-refractivity contribution in [1.82, 2.24) is 9.97 Å². The third-order valence-corrected chi connectivity index (χ3v) is 4.17. The number of hydrogen-bond acceptors (Lipinski definition) is 3. The summed E-state index contributed by atoms with van der Waals surface area (Å²) in [5.74, 6) is 1.62. The first-order valence-electron chi connectivity index (χ1n) is 6.96. The molecule has 0 saturated heterocycles. The van der Waals surface area contributed by atoms with Crippen LogP contribution in [0.2, 0.25) is 0 Å². The van der Waals surface area contributed by atoms with Gasteiger partial charge in [-0.2, -0.15) is 0 Å². The Labute approximate surface area is 113 Å². The number of fused-ring (bicyclic) bond motifs is 1. The van der Waals surface area contributed by atoms with Gasteiger partial charge in [0.15, 0.2) is 7.85 Å². The first-order valence-corrected chi connectivity index (χ1v) is 6.96. The van der Waals surface area contributed by atoms with E-state index < -0.39 is 0 Å². The van der Waals surface area contributed by atoms with Crippen molar-refractivity contribution in [3.8, 4) is 0 Å². The minimum Gasteiger partial charge on any atom is -0.312 e. The molecule has 0 amide bonds. The normalized spacial score (nSPS) is 23.4. The summed E-state index contributed by atoms with van der Waals surface area (Å²) in [5.41, 5.74) is 1.35. The Bertz CT molecular complexity index is 606. The molecule has 3 nitrogen and oxygen atoms in total. The second kappa shape index (κ2) is 5.12. The van der Waals surface area contributed by atoms with Crippen LogP contribution in [-0.2, 0) is 4.79 Å². The Morgan fingerprint density at radius 2 is 1.89 bits per heavy atom. The van der Waals surface area contributed by atoms with Gasteiger partial charge in [-0.15, -0.1) is 0 Å². The lowest BCUT2D eigenvalue weighted by Gasteiger charge is -2.26. The van der Waals surface area contributed by atoms with Gasteiger partial charge in [0.2, 0.25) is 0 Å². The molecule has 1 fully saturated rings. The molecule has 1 aromatic carbocycles. The topological polar surface area (TPSA) is 42.9 Å². The van der Waals surface area contributed by atoms with Gasteiger partial charge in [0.05, 0.1) is 11.2 Å². The summed E-state index contributed by atoms with van der Waals surface area (Å²) in [6.07, 6.45) is 5.94. The number of carbonyl (C=O) groups excluding carboxylic acids is 1. The average molecular weight is 252 g/mol. The molecule has 3 rings (SSSR count). The largest absolute Gasteiger partial charge is 0.312 e. The summed E-state index contributed by atoms with van der Waals surface area (Å²) < 4.78 is 0. The van der Waals surface area contributed by atoms with Crippen molar-refractivity contribution in [3.63, 3.8) is 0 Å². The van der Waals surface area contributed by atoms with Crippen LogP contribution in [0.4, 0.5) is 0 Å². The minimum atomic E-state index is 0.261. The molecule has 0 radical (unpaired) electrons. The fraction of sp³-hybridized carbons (Fsp3) is 0.400. The van der Waals surface area contributed by atoms with Gasteiger partial charge < -0.3 is 4.79 Å². The van der Waals surface area contributed by atoms with Gasteiger partial charge in [0, 0.05) is 23.4 Å². The van der Waals surface area contributed by atoms with Crippen molar-refractivity contribution < 1.29 is 4.79 Å². The standard InChI is InChI=1S/C15H17BN2O/c16-14(19)10-5-7-11(8-6-10)15-17-9-12-3-1-2-4-13(12)18-15/h1-4,9-11H,5-8,16H2/t10-,11+. The van der Waals surface area contributed by atoms with Gasteiger partial charge in [-0.25, -0.2) is 9.97 Å². The molecule has 2 aromatic rings. The summed E-state index contributed by atoms with van der Waals surface area (Å²) in [5, 5.41) is 1.09. The van der Waals surface area contributed by atoms with Crippen LogP contribution in [-0.4, -0.2) is 23.5 Å². The molecule has 1 aromatic heterocycles. The van der Waals surface area contributed by atoms with E-state index in [1.165, 1.54) is 0 Å². The van der Waals surface area contributed by atoms with Crippen LogP contribution >= 0.6 is 0 Å². The summed E-state index contributed by atoms with van der Waals surface area (Å²) in [6, 6.07) is 8.07. The van der Waals surface area contributed by atoms with Gasteiger partial charge >= 0.3 is 0 Å². The molecule has 0 spiro atoms. The Morgan fingerprint density at radius 1 is 1.16 bits per heavy atom. The van der Waals surface area contributed by atoms with E-state index in [0.717, 1.165) is 42.4 Å². The second-order valence-corrected chi connectivity index (χ2v) is 5.45. The molecule has 1 aliphatic rings. The molecule has 1 heterocycles. The zero-order chi connectivity index (χ0) is 13.2. The van der Waals surface area contributed by atoms with Gasteiger partial charge in [-0.05, 0) is 31.7 Å². The van der Waals surface area contributed by atoms with E-state index in [-0.39, 0.29) is 5.92 Å². The van der Waals surface area contributed by atoms with Crippen LogP contribution < -0.4 is 0 Å². The number of hydrogen-bond donors (Lipinski definition) is 0. The number of rotatable bonds is 2. The summed E-state index contributed by atoms with van der Waals surface area (Å²) in [7, 11) is 1.71. The highest BCUT2D eigenvalue weighted by atomic mass is 16.1. The highest BCUT2D eigenvalue weighted by molar-refractivity contribution is 6.58. The number of para-hydroxylation sites is 1. The number of carbonyl (C=O) groups is 1. The fourth-order valence-corrected chi connectivity index (χ4v) is 2.94. The number of benzene rings is 1. The Kier molecular flexibility index (Phi) is 3.32. The second-order valence-electron chi connectivity index (χ2n) is 5.45. The maximum Gasteiger partial charge on any atom is 0.187 e.